The molecule has 1 aliphatic rings. The highest BCUT2D eigenvalue weighted by Gasteiger charge is 2.37. The number of aliphatic hydroxyl groups is 1. The van der Waals surface area contributed by atoms with Crippen LogP contribution in [0, 0.1) is 5.41 Å². The summed E-state index contributed by atoms with van der Waals surface area (Å²) in [7, 11) is 0. The van der Waals surface area contributed by atoms with Crippen LogP contribution in [0.1, 0.15) is 47.4 Å². The monoisotopic (exact) mass is 446 g/mol. The van der Waals surface area contributed by atoms with E-state index in [9.17, 15) is 18.3 Å². The molecular formula is C25H25F3O2S. The van der Waals surface area contributed by atoms with Gasteiger partial charge in [-0.3, -0.25) is 0 Å². The molecule has 1 N–H and O–H groups in total. The number of halogens is 3. The highest BCUT2D eigenvalue weighted by molar-refractivity contribution is 7.12. The normalized spacial score (nSPS) is 21.4. The van der Waals surface area contributed by atoms with Crippen molar-refractivity contribution in [3.8, 4) is 16.9 Å². The summed E-state index contributed by atoms with van der Waals surface area (Å²) < 4.78 is 46.4. The van der Waals surface area contributed by atoms with E-state index < -0.39 is 11.1 Å². The van der Waals surface area contributed by atoms with Crippen molar-refractivity contribution in [1.29, 1.82) is 0 Å². The number of alkyl halides is 3. The lowest BCUT2D eigenvalue weighted by Crippen LogP contribution is -2.16. The molecule has 164 valence electrons. The third-order valence-electron chi connectivity index (χ3n) is 6.08. The molecule has 1 aliphatic carbocycles. The van der Waals surface area contributed by atoms with Gasteiger partial charge in [-0.15, -0.1) is 11.3 Å². The first-order valence-electron chi connectivity index (χ1n) is 10.4. The van der Waals surface area contributed by atoms with Crippen LogP contribution in [0.4, 0.5) is 13.2 Å². The minimum Gasteiger partial charge on any atom is -0.488 e. The highest BCUT2D eigenvalue weighted by Crippen LogP contribution is 2.46. The maximum absolute atomic E-state index is 13.5. The van der Waals surface area contributed by atoms with Crippen molar-refractivity contribution >= 4 is 11.3 Å². The summed E-state index contributed by atoms with van der Waals surface area (Å²) in [5, 5.41) is 9.57. The standard InChI is InChI=1S/C25H25F3O2S/c1-24(16-29)12-11-19(14-24)17-7-9-20(10-8-17)30-15-21-13-22(18-5-3-2-4-6-18)23(31-21)25(26,27)28/h2-10,13,19,29H,11-12,14-16H2,1H3. The number of hydrogen-bond acceptors (Lipinski definition) is 3. The fraction of sp³-hybridized carbons (Fsp3) is 0.360. The third kappa shape index (κ3) is 4.96. The van der Waals surface area contributed by atoms with Gasteiger partial charge in [0.15, 0.2) is 0 Å². The number of thiophene rings is 1. The molecule has 2 aromatic carbocycles. The summed E-state index contributed by atoms with van der Waals surface area (Å²) in [5.74, 6) is 1.06. The molecule has 1 aromatic heterocycles. The number of hydrogen-bond donors (Lipinski definition) is 1. The van der Waals surface area contributed by atoms with Gasteiger partial charge in [0.2, 0.25) is 0 Å². The maximum atomic E-state index is 13.5. The van der Waals surface area contributed by atoms with E-state index in [1.165, 1.54) is 5.56 Å². The van der Waals surface area contributed by atoms with E-state index in [4.69, 9.17) is 4.74 Å². The molecule has 1 heterocycles. The molecule has 0 aliphatic heterocycles. The second-order valence-electron chi connectivity index (χ2n) is 8.59. The van der Waals surface area contributed by atoms with Crippen LogP contribution >= 0.6 is 11.3 Å². The van der Waals surface area contributed by atoms with Crippen LogP contribution in [0.2, 0.25) is 0 Å². The first kappa shape index (κ1) is 21.9. The zero-order chi connectivity index (χ0) is 22.1. The Balaban J connectivity index is 1.45. The van der Waals surface area contributed by atoms with Crippen LogP contribution in [-0.2, 0) is 12.8 Å². The Kier molecular flexibility index (Phi) is 6.13. The predicted octanol–water partition coefficient (Wildman–Crippen LogP) is 7.28. The molecule has 0 saturated heterocycles. The summed E-state index contributed by atoms with van der Waals surface area (Å²) in [4.78, 5) is -0.0643. The largest absolute Gasteiger partial charge is 0.488 e. The number of rotatable bonds is 6. The molecule has 4 rings (SSSR count). The Morgan fingerprint density at radius 3 is 2.42 bits per heavy atom. The lowest BCUT2D eigenvalue weighted by Gasteiger charge is -2.20. The molecule has 1 fully saturated rings. The maximum Gasteiger partial charge on any atom is 0.426 e. The van der Waals surface area contributed by atoms with E-state index in [1.807, 2.05) is 24.3 Å². The molecular weight excluding hydrogens is 421 g/mol. The highest BCUT2D eigenvalue weighted by atomic mass is 32.1. The Morgan fingerprint density at radius 2 is 1.81 bits per heavy atom. The predicted molar refractivity (Wildman–Crippen MR) is 117 cm³/mol. The lowest BCUT2D eigenvalue weighted by atomic mass is 9.87. The lowest BCUT2D eigenvalue weighted by molar-refractivity contribution is -0.133. The SMILES string of the molecule is CC1(CO)CCC(c2ccc(OCc3cc(-c4ccccc4)c(C(F)(F)F)s3)cc2)C1. The van der Waals surface area contributed by atoms with Gasteiger partial charge in [0.1, 0.15) is 17.2 Å². The van der Waals surface area contributed by atoms with Crippen molar-refractivity contribution in [2.45, 2.75) is 44.9 Å². The van der Waals surface area contributed by atoms with E-state index >= 15 is 0 Å². The fourth-order valence-corrected chi connectivity index (χ4v) is 5.26. The Bertz CT molecular complexity index is 1010. The van der Waals surface area contributed by atoms with E-state index in [0.29, 0.717) is 22.1 Å². The summed E-state index contributed by atoms with van der Waals surface area (Å²) >= 11 is 0.733. The molecule has 2 unspecified atom stereocenters. The van der Waals surface area contributed by atoms with Crippen LogP contribution in [0.15, 0.2) is 60.7 Å². The van der Waals surface area contributed by atoms with Gasteiger partial charge in [0, 0.05) is 17.0 Å². The number of benzene rings is 2. The molecule has 6 heteroatoms. The molecule has 3 aromatic rings. The van der Waals surface area contributed by atoms with Crippen molar-refractivity contribution in [2.75, 3.05) is 6.61 Å². The zero-order valence-electron chi connectivity index (χ0n) is 17.3. The van der Waals surface area contributed by atoms with Crippen LogP contribution in [-0.4, -0.2) is 11.7 Å². The second-order valence-corrected chi connectivity index (χ2v) is 9.72. The van der Waals surface area contributed by atoms with E-state index in [0.717, 1.165) is 30.6 Å². The van der Waals surface area contributed by atoms with E-state index in [1.54, 1.807) is 36.4 Å². The third-order valence-corrected chi connectivity index (χ3v) is 7.23. The smallest absolute Gasteiger partial charge is 0.426 e. The summed E-state index contributed by atoms with van der Waals surface area (Å²) in [5.41, 5.74) is 1.95. The van der Waals surface area contributed by atoms with Gasteiger partial charge in [-0.2, -0.15) is 13.2 Å². The van der Waals surface area contributed by atoms with Crippen molar-refractivity contribution in [3.05, 3.63) is 76.0 Å². The van der Waals surface area contributed by atoms with Crippen molar-refractivity contribution in [1.82, 2.24) is 0 Å². The average molecular weight is 447 g/mol. The van der Waals surface area contributed by atoms with Gasteiger partial charge in [-0.1, -0.05) is 49.4 Å². The minimum absolute atomic E-state index is 0.00827. The first-order valence-corrected chi connectivity index (χ1v) is 11.2. The molecule has 0 bridgehead atoms. The van der Waals surface area contributed by atoms with Gasteiger partial charge in [0.25, 0.3) is 0 Å². The average Bonchev–Trinajstić information content (AvgIpc) is 3.38. The molecule has 0 amide bonds. The van der Waals surface area contributed by atoms with Crippen LogP contribution in [0.5, 0.6) is 5.75 Å². The summed E-state index contributed by atoms with van der Waals surface area (Å²) in [6.07, 6.45) is -1.38. The number of aliphatic hydroxyl groups excluding tert-OH is 1. The van der Waals surface area contributed by atoms with Crippen molar-refractivity contribution in [3.63, 3.8) is 0 Å². The molecule has 0 radical (unpaired) electrons. The quantitative estimate of drug-likeness (QED) is 0.431. The van der Waals surface area contributed by atoms with Crippen molar-refractivity contribution < 1.29 is 23.0 Å². The fourth-order valence-electron chi connectivity index (χ4n) is 4.30. The molecule has 2 atom stereocenters. The van der Waals surface area contributed by atoms with E-state index in [2.05, 4.69) is 6.92 Å². The summed E-state index contributed by atoms with van der Waals surface area (Å²) in [6.45, 7) is 2.41. The molecule has 1 saturated carbocycles. The number of ether oxygens (including phenoxy) is 1. The Hall–Kier alpha value is -2.31. The Morgan fingerprint density at radius 1 is 1.10 bits per heavy atom. The zero-order valence-corrected chi connectivity index (χ0v) is 18.1. The Labute approximate surface area is 184 Å². The minimum atomic E-state index is -4.40. The van der Waals surface area contributed by atoms with Crippen LogP contribution < -0.4 is 4.74 Å². The van der Waals surface area contributed by atoms with E-state index in [-0.39, 0.29) is 24.2 Å². The van der Waals surface area contributed by atoms with Crippen LogP contribution in [0.3, 0.4) is 0 Å². The topological polar surface area (TPSA) is 29.5 Å². The van der Waals surface area contributed by atoms with Crippen LogP contribution in [0.25, 0.3) is 11.1 Å². The van der Waals surface area contributed by atoms with Gasteiger partial charge < -0.3 is 9.84 Å². The first-order chi connectivity index (χ1) is 14.8. The van der Waals surface area contributed by atoms with Gasteiger partial charge in [-0.25, -0.2) is 0 Å². The van der Waals surface area contributed by atoms with Gasteiger partial charge in [-0.05, 0) is 59.9 Å². The molecule has 31 heavy (non-hydrogen) atoms. The molecule has 0 spiro atoms. The van der Waals surface area contributed by atoms with Crippen molar-refractivity contribution in [2.24, 2.45) is 5.41 Å². The second kappa shape index (κ2) is 8.67. The molecule has 2 nitrogen and oxygen atoms in total. The van der Waals surface area contributed by atoms with Gasteiger partial charge >= 0.3 is 6.18 Å². The van der Waals surface area contributed by atoms with Gasteiger partial charge in [0.05, 0.1) is 0 Å². The summed E-state index contributed by atoms with van der Waals surface area (Å²) in [6, 6.07) is 18.0.